The average molecular weight is 402 g/mol. The van der Waals surface area contributed by atoms with E-state index in [1.54, 1.807) is 11.9 Å². The van der Waals surface area contributed by atoms with Crippen LogP contribution >= 0.6 is 0 Å². The van der Waals surface area contributed by atoms with E-state index in [0.717, 1.165) is 24.1 Å². The first-order valence-corrected chi connectivity index (χ1v) is 10.3. The Labute approximate surface area is 176 Å². The number of hydrogen-bond donors (Lipinski definition) is 0. The van der Waals surface area contributed by atoms with Gasteiger partial charge in [0.25, 0.3) is 5.91 Å². The summed E-state index contributed by atoms with van der Waals surface area (Å²) in [5.41, 5.74) is 3.80. The molecule has 0 unspecified atom stereocenters. The van der Waals surface area contributed by atoms with Gasteiger partial charge in [0.15, 0.2) is 0 Å². The van der Waals surface area contributed by atoms with Crippen molar-refractivity contribution in [2.24, 2.45) is 0 Å². The minimum atomic E-state index is -0.0413. The molecule has 2 heterocycles. The van der Waals surface area contributed by atoms with Crippen molar-refractivity contribution < 1.29 is 9.59 Å². The number of carbonyl (C=O) groups is 2. The van der Waals surface area contributed by atoms with Crippen molar-refractivity contribution in [3.63, 3.8) is 0 Å². The maximum absolute atomic E-state index is 12.9. The molecule has 2 aromatic carbocycles. The summed E-state index contributed by atoms with van der Waals surface area (Å²) in [6.45, 7) is 2.55. The first-order chi connectivity index (χ1) is 14.6. The van der Waals surface area contributed by atoms with E-state index in [2.05, 4.69) is 17.2 Å². The molecule has 1 aliphatic heterocycles. The van der Waals surface area contributed by atoms with Crippen LogP contribution in [0.1, 0.15) is 39.9 Å². The molecular weight excluding hydrogens is 376 g/mol. The number of benzene rings is 2. The Morgan fingerprint density at radius 2 is 1.83 bits per heavy atom. The van der Waals surface area contributed by atoms with Crippen molar-refractivity contribution in [1.82, 2.24) is 19.6 Å². The largest absolute Gasteiger partial charge is 0.338 e. The average Bonchev–Trinajstić information content (AvgIpc) is 3.37. The Hall–Kier alpha value is -3.41. The maximum Gasteiger partial charge on any atom is 0.253 e. The minimum Gasteiger partial charge on any atom is -0.338 e. The fourth-order valence-electron chi connectivity index (χ4n) is 3.81. The number of carbonyl (C=O) groups excluding carboxylic acids is 2. The molecule has 0 atom stereocenters. The van der Waals surface area contributed by atoms with Crippen LogP contribution < -0.4 is 0 Å². The van der Waals surface area contributed by atoms with Crippen LogP contribution in [0.5, 0.6) is 0 Å². The smallest absolute Gasteiger partial charge is 0.253 e. The molecule has 1 aromatic heterocycles. The molecule has 0 aliphatic carbocycles. The van der Waals surface area contributed by atoms with Gasteiger partial charge in [0.05, 0.1) is 12.7 Å². The molecule has 4 rings (SSSR count). The molecule has 2 amide bonds. The third-order valence-electron chi connectivity index (χ3n) is 5.36. The highest BCUT2D eigenvalue weighted by Gasteiger charge is 2.20. The van der Waals surface area contributed by atoms with E-state index in [4.69, 9.17) is 0 Å². The maximum atomic E-state index is 12.9. The first-order valence-electron chi connectivity index (χ1n) is 10.3. The van der Waals surface area contributed by atoms with Crippen molar-refractivity contribution in [3.8, 4) is 0 Å². The molecule has 0 bridgehead atoms. The lowest BCUT2D eigenvalue weighted by Gasteiger charge is -2.18. The van der Waals surface area contributed by atoms with Crippen LogP contribution in [0.4, 0.5) is 0 Å². The van der Waals surface area contributed by atoms with Gasteiger partial charge in [-0.15, -0.1) is 0 Å². The molecular formula is C24H26N4O2. The van der Waals surface area contributed by atoms with Crippen LogP contribution in [0, 0.1) is 0 Å². The minimum absolute atomic E-state index is 0.0413. The predicted molar refractivity (Wildman–Crippen MR) is 115 cm³/mol. The highest BCUT2D eigenvalue weighted by atomic mass is 16.2. The fraction of sp³-hybridized carbons (Fsp3) is 0.292. The summed E-state index contributed by atoms with van der Waals surface area (Å²) in [5.74, 6) is 0.150. The Balaban J connectivity index is 1.38. The van der Waals surface area contributed by atoms with Gasteiger partial charge >= 0.3 is 0 Å². The zero-order valence-electron chi connectivity index (χ0n) is 17.2. The molecule has 0 saturated carbocycles. The van der Waals surface area contributed by atoms with Gasteiger partial charge in [-0.2, -0.15) is 5.10 Å². The zero-order chi connectivity index (χ0) is 20.9. The van der Waals surface area contributed by atoms with Crippen LogP contribution in [0.15, 0.2) is 67.0 Å². The van der Waals surface area contributed by atoms with Gasteiger partial charge in [0, 0.05) is 50.4 Å². The number of rotatable bonds is 7. The summed E-state index contributed by atoms with van der Waals surface area (Å²) in [6.07, 6.45) is 5.33. The number of likely N-dealkylation sites (tertiary alicyclic amines) is 1. The van der Waals surface area contributed by atoms with Crippen LogP contribution in [0.3, 0.4) is 0 Å². The standard InChI is InChI=1S/C24H26N4O2/c1-26(15-21-14-25-28(18-21)17-19-7-3-2-4-8-19)24(30)22-10-5-9-20(13-22)16-27-12-6-11-23(27)29/h2-5,7-10,13-14,18H,6,11-12,15-17H2,1H3. The summed E-state index contributed by atoms with van der Waals surface area (Å²) in [7, 11) is 1.80. The topological polar surface area (TPSA) is 58.4 Å². The lowest BCUT2D eigenvalue weighted by Crippen LogP contribution is -2.27. The Bertz CT molecular complexity index is 1030. The second-order valence-corrected chi connectivity index (χ2v) is 7.81. The van der Waals surface area contributed by atoms with Crippen molar-refractivity contribution >= 4 is 11.8 Å². The third-order valence-corrected chi connectivity index (χ3v) is 5.36. The summed E-state index contributed by atoms with van der Waals surface area (Å²) in [4.78, 5) is 28.3. The van der Waals surface area contributed by atoms with Crippen molar-refractivity contribution in [2.75, 3.05) is 13.6 Å². The molecule has 1 saturated heterocycles. The van der Waals surface area contributed by atoms with Crippen LogP contribution in [0.25, 0.3) is 0 Å². The second kappa shape index (κ2) is 8.95. The molecule has 0 radical (unpaired) electrons. The second-order valence-electron chi connectivity index (χ2n) is 7.81. The molecule has 6 nitrogen and oxygen atoms in total. The summed E-state index contributed by atoms with van der Waals surface area (Å²) >= 11 is 0. The predicted octanol–water partition coefficient (Wildman–Crippen LogP) is 3.33. The highest BCUT2D eigenvalue weighted by molar-refractivity contribution is 5.94. The Kier molecular flexibility index (Phi) is 5.93. The van der Waals surface area contributed by atoms with E-state index in [-0.39, 0.29) is 11.8 Å². The molecule has 0 spiro atoms. The SMILES string of the molecule is CN(Cc1cnn(Cc2ccccc2)c1)C(=O)c1cccc(CN2CCCC2=O)c1. The molecule has 6 heteroatoms. The van der Waals surface area contributed by atoms with E-state index < -0.39 is 0 Å². The fourth-order valence-corrected chi connectivity index (χ4v) is 3.81. The van der Waals surface area contributed by atoms with E-state index in [1.807, 2.05) is 64.4 Å². The molecule has 3 aromatic rings. The lowest BCUT2D eigenvalue weighted by molar-refractivity contribution is -0.128. The molecule has 30 heavy (non-hydrogen) atoms. The van der Waals surface area contributed by atoms with Crippen molar-refractivity contribution in [3.05, 3.63) is 89.2 Å². The summed E-state index contributed by atoms with van der Waals surface area (Å²) in [6, 6.07) is 17.7. The van der Waals surface area contributed by atoms with E-state index in [1.165, 1.54) is 5.56 Å². The molecule has 154 valence electrons. The van der Waals surface area contributed by atoms with Crippen molar-refractivity contribution in [2.45, 2.75) is 32.5 Å². The number of amides is 2. The van der Waals surface area contributed by atoms with E-state index >= 15 is 0 Å². The van der Waals surface area contributed by atoms with Crippen LogP contribution in [0.2, 0.25) is 0 Å². The summed E-state index contributed by atoms with van der Waals surface area (Å²) < 4.78 is 1.89. The van der Waals surface area contributed by atoms with Gasteiger partial charge in [-0.05, 0) is 29.7 Å². The van der Waals surface area contributed by atoms with Gasteiger partial charge in [-0.3, -0.25) is 14.3 Å². The molecule has 1 fully saturated rings. The van der Waals surface area contributed by atoms with Gasteiger partial charge in [-0.1, -0.05) is 42.5 Å². The Morgan fingerprint density at radius 3 is 2.60 bits per heavy atom. The van der Waals surface area contributed by atoms with E-state index in [0.29, 0.717) is 31.6 Å². The first kappa shape index (κ1) is 19.9. The van der Waals surface area contributed by atoms with Crippen LogP contribution in [-0.2, 0) is 24.4 Å². The highest BCUT2D eigenvalue weighted by Crippen LogP contribution is 2.16. The van der Waals surface area contributed by atoms with E-state index in [9.17, 15) is 9.59 Å². The number of nitrogens with zero attached hydrogens (tertiary/aromatic N) is 4. The molecule has 0 N–H and O–H groups in total. The van der Waals surface area contributed by atoms with Gasteiger partial charge in [0.1, 0.15) is 0 Å². The number of hydrogen-bond acceptors (Lipinski definition) is 3. The summed E-state index contributed by atoms with van der Waals surface area (Å²) in [5, 5.41) is 4.42. The lowest BCUT2D eigenvalue weighted by atomic mass is 10.1. The Morgan fingerprint density at radius 1 is 1.03 bits per heavy atom. The third kappa shape index (κ3) is 4.76. The monoisotopic (exact) mass is 402 g/mol. The quantitative estimate of drug-likeness (QED) is 0.609. The van der Waals surface area contributed by atoms with Crippen LogP contribution in [-0.4, -0.2) is 45.0 Å². The van der Waals surface area contributed by atoms with Crippen molar-refractivity contribution in [1.29, 1.82) is 0 Å². The zero-order valence-corrected chi connectivity index (χ0v) is 17.2. The molecule has 1 aliphatic rings. The van der Waals surface area contributed by atoms with Gasteiger partial charge in [-0.25, -0.2) is 0 Å². The normalized spacial score (nSPS) is 13.6. The van der Waals surface area contributed by atoms with Gasteiger partial charge in [0.2, 0.25) is 5.91 Å². The van der Waals surface area contributed by atoms with Gasteiger partial charge < -0.3 is 9.80 Å². The number of aromatic nitrogens is 2.